The van der Waals surface area contributed by atoms with Crippen LogP contribution < -0.4 is 4.74 Å². The van der Waals surface area contributed by atoms with Crippen LogP contribution in [0, 0.1) is 5.82 Å². The molecular formula is C19H20FNO. The van der Waals surface area contributed by atoms with Gasteiger partial charge in [-0.3, -0.25) is 0 Å². The van der Waals surface area contributed by atoms with Crippen LogP contribution >= 0.6 is 0 Å². The van der Waals surface area contributed by atoms with Crippen LogP contribution in [0.15, 0.2) is 48.5 Å². The Hall–Kier alpha value is -2.13. The van der Waals surface area contributed by atoms with Crippen LogP contribution in [0.25, 0.3) is 5.57 Å². The molecule has 0 saturated carbocycles. The van der Waals surface area contributed by atoms with E-state index in [0.29, 0.717) is 6.61 Å². The lowest BCUT2D eigenvalue weighted by molar-refractivity contribution is 0.306. The third-order valence-electron chi connectivity index (χ3n) is 3.84. The van der Waals surface area contributed by atoms with Gasteiger partial charge in [0.1, 0.15) is 18.2 Å². The lowest BCUT2D eigenvalue weighted by Gasteiger charge is -2.12. The smallest absolute Gasteiger partial charge is 0.127 e. The lowest BCUT2D eigenvalue weighted by atomic mass is 9.93. The SMILES string of the molecule is CN(C)CC/C=C1/c2ccc(F)cc2COc2ccccc21. The molecule has 0 bridgehead atoms. The van der Waals surface area contributed by atoms with Crippen molar-refractivity contribution in [2.24, 2.45) is 0 Å². The van der Waals surface area contributed by atoms with Gasteiger partial charge in [0, 0.05) is 17.7 Å². The summed E-state index contributed by atoms with van der Waals surface area (Å²) in [7, 11) is 4.12. The molecule has 1 aliphatic rings. The number of halogens is 1. The van der Waals surface area contributed by atoms with Crippen molar-refractivity contribution >= 4 is 5.57 Å². The number of nitrogens with zero attached hydrogens (tertiary/aromatic N) is 1. The Labute approximate surface area is 130 Å². The van der Waals surface area contributed by atoms with E-state index in [9.17, 15) is 4.39 Å². The summed E-state index contributed by atoms with van der Waals surface area (Å²) in [5, 5.41) is 0. The van der Waals surface area contributed by atoms with E-state index in [-0.39, 0.29) is 5.82 Å². The van der Waals surface area contributed by atoms with Gasteiger partial charge in [-0.1, -0.05) is 30.3 Å². The molecule has 3 heteroatoms. The number of ether oxygens (including phenoxy) is 1. The topological polar surface area (TPSA) is 12.5 Å². The van der Waals surface area contributed by atoms with E-state index >= 15 is 0 Å². The Balaban J connectivity index is 2.08. The normalized spacial score (nSPS) is 15.2. The fraction of sp³-hybridized carbons (Fsp3) is 0.263. The number of benzene rings is 2. The second kappa shape index (κ2) is 6.32. The molecule has 2 aromatic rings. The van der Waals surface area contributed by atoms with Crippen molar-refractivity contribution in [1.82, 2.24) is 4.90 Å². The predicted octanol–water partition coefficient (Wildman–Crippen LogP) is 4.10. The maximum atomic E-state index is 13.6. The molecule has 0 amide bonds. The van der Waals surface area contributed by atoms with E-state index in [1.54, 1.807) is 6.07 Å². The predicted molar refractivity (Wildman–Crippen MR) is 87.4 cm³/mol. The molecule has 0 spiro atoms. The minimum Gasteiger partial charge on any atom is -0.488 e. The van der Waals surface area contributed by atoms with Crippen LogP contribution in [0.5, 0.6) is 5.75 Å². The molecule has 0 aromatic heterocycles. The second-order valence-corrected chi connectivity index (χ2v) is 5.80. The van der Waals surface area contributed by atoms with Gasteiger partial charge < -0.3 is 9.64 Å². The van der Waals surface area contributed by atoms with Gasteiger partial charge in [-0.15, -0.1) is 0 Å². The molecule has 0 atom stereocenters. The Morgan fingerprint density at radius 3 is 2.77 bits per heavy atom. The van der Waals surface area contributed by atoms with Crippen LogP contribution in [-0.2, 0) is 6.61 Å². The Morgan fingerprint density at radius 1 is 1.14 bits per heavy atom. The molecule has 2 aromatic carbocycles. The van der Waals surface area contributed by atoms with E-state index in [4.69, 9.17) is 4.74 Å². The van der Waals surface area contributed by atoms with Crippen molar-refractivity contribution in [3.05, 3.63) is 71.0 Å². The molecule has 0 unspecified atom stereocenters. The highest BCUT2D eigenvalue weighted by atomic mass is 19.1. The highest BCUT2D eigenvalue weighted by Crippen LogP contribution is 2.36. The van der Waals surface area contributed by atoms with Crippen molar-refractivity contribution in [2.75, 3.05) is 20.6 Å². The largest absolute Gasteiger partial charge is 0.488 e. The minimum absolute atomic E-state index is 0.221. The molecule has 2 nitrogen and oxygen atoms in total. The first-order valence-corrected chi connectivity index (χ1v) is 7.51. The van der Waals surface area contributed by atoms with E-state index < -0.39 is 0 Å². The van der Waals surface area contributed by atoms with Gasteiger partial charge in [-0.25, -0.2) is 4.39 Å². The molecule has 0 radical (unpaired) electrons. The average molecular weight is 297 g/mol. The third-order valence-corrected chi connectivity index (χ3v) is 3.84. The molecule has 0 N–H and O–H groups in total. The summed E-state index contributed by atoms with van der Waals surface area (Å²) in [5.74, 6) is 0.635. The van der Waals surface area contributed by atoms with Gasteiger partial charge in [0.25, 0.3) is 0 Å². The summed E-state index contributed by atoms with van der Waals surface area (Å²) >= 11 is 0. The minimum atomic E-state index is -0.221. The van der Waals surface area contributed by atoms with Crippen LogP contribution in [0.1, 0.15) is 23.1 Å². The monoisotopic (exact) mass is 297 g/mol. The van der Waals surface area contributed by atoms with E-state index in [1.807, 2.05) is 24.3 Å². The average Bonchev–Trinajstić information content (AvgIpc) is 2.64. The number of hydrogen-bond donors (Lipinski definition) is 0. The van der Waals surface area contributed by atoms with Gasteiger partial charge in [-0.05, 0) is 49.9 Å². The first kappa shape index (κ1) is 14.8. The lowest BCUT2D eigenvalue weighted by Crippen LogP contribution is -2.12. The molecule has 0 aliphatic carbocycles. The fourth-order valence-electron chi connectivity index (χ4n) is 2.75. The first-order chi connectivity index (χ1) is 10.6. The Morgan fingerprint density at radius 2 is 1.95 bits per heavy atom. The van der Waals surface area contributed by atoms with Crippen LogP contribution in [0.3, 0.4) is 0 Å². The molecular weight excluding hydrogens is 277 g/mol. The van der Waals surface area contributed by atoms with Crippen molar-refractivity contribution in [2.45, 2.75) is 13.0 Å². The van der Waals surface area contributed by atoms with Crippen molar-refractivity contribution < 1.29 is 9.13 Å². The fourth-order valence-corrected chi connectivity index (χ4v) is 2.75. The van der Waals surface area contributed by atoms with E-state index in [1.165, 1.54) is 6.07 Å². The molecule has 114 valence electrons. The standard InChI is InChI=1S/C19H20FNO/c1-21(2)11-5-7-17-16-10-9-15(20)12-14(16)13-22-19-8-4-3-6-18(17)19/h3-4,6-10,12H,5,11,13H2,1-2H3/b17-7-. The van der Waals surface area contributed by atoms with Crippen molar-refractivity contribution in [3.8, 4) is 5.75 Å². The quantitative estimate of drug-likeness (QED) is 0.845. The highest BCUT2D eigenvalue weighted by Gasteiger charge is 2.19. The summed E-state index contributed by atoms with van der Waals surface area (Å²) in [6, 6.07) is 13.0. The number of fused-ring (bicyclic) bond motifs is 2. The molecule has 1 aliphatic heterocycles. The molecule has 3 rings (SSSR count). The van der Waals surface area contributed by atoms with Crippen LogP contribution in [-0.4, -0.2) is 25.5 Å². The van der Waals surface area contributed by atoms with Gasteiger partial charge in [-0.2, -0.15) is 0 Å². The highest BCUT2D eigenvalue weighted by molar-refractivity contribution is 5.84. The van der Waals surface area contributed by atoms with E-state index in [2.05, 4.69) is 31.1 Å². The van der Waals surface area contributed by atoms with E-state index in [0.717, 1.165) is 41.0 Å². The molecule has 0 fully saturated rings. The summed E-state index contributed by atoms with van der Waals surface area (Å²) in [4.78, 5) is 2.15. The zero-order chi connectivity index (χ0) is 15.5. The van der Waals surface area contributed by atoms with Crippen LogP contribution in [0.4, 0.5) is 4.39 Å². The third kappa shape index (κ3) is 3.04. The van der Waals surface area contributed by atoms with Gasteiger partial charge in [0.05, 0.1) is 0 Å². The second-order valence-electron chi connectivity index (χ2n) is 5.80. The maximum absolute atomic E-state index is 13.6. The number of hydrogen-bond acceptors (Lipinski definition) is 2. The Bertz CT molecular complexity index is 706. The summed E-state index contributed by atoms with van der Waals surface area (Å²) < 4.78 is 19.4. The summed E-state index contributed by atoms with van der Waals surface area (Å²) in [6.07, 6.45) is 3.16. The van der Waals surface area contributed by atoms with Crippen LogP contribution in [0.2, 0.25) is 0 Å². The zero-order valence-corrected chi connectivity index (χ0v) is 13.0. The molecule has 1 heterocycles. The first-order valence-electron chi connectivity index (χ1n) is 7.51. The number of rotatable bonds is 3. The maximum Gasteiger partial charge on any atom is 0.127 e. The summed E-state index contributed by atoms with van der Waals surface area (Å²) in [6.45, 7) is 1.37. The van der Waals surface area contributed by atoms with Gasteiger partial charge >= 0.3 is 0 Å². The summed E-state index contributed by atoms with van der Waals surface area (Å²) in [5.41, 5.74) is 4.16. The molecule has 22 heavy (non-hydrogen) atoms. The van der Waals surface area contributed by atoms with Gasteiger partial charge in [0.2, 0.25) is 0 Å². The Kier molecular flexibility index (Phi) is 4.25. The van der Waals surface area contributed by atoms with Gasteiger partial charge in [0.15, 0.2) is 0 Å². The van der Waals surface area contributed by atoms with Crippen molar-refractivity contribution in [1.29, 1.82) is 0 Å². The zero-order valence-electron chi connectivity index (χ0n) is 13.0. The molecule has 0 saturated heterocycles. The van der Waals surface area contributed by atoms with Crippen molar-refractivity contribution in [3.63, 3.8) is 0 Å². The number of para-hydroxylation sites is 1.